The van der Waals surface area contributed by atoms with Crippen molar-refractivity contribution in [1.29, 1.82) is 5.26 Å². The highest BCUT2D eigenvalue weighted by Gasteiger charge is 2.40. The number of nitriles is 1. The quantitative estimate of drug-likeness (QED) is 0.393. The predicted molar refractivity (Wildman–Crippen MR) is 107 cm³/mol. The van der Waals surface area contributed by atoms with Crippen molar-refractivity contribution in [3.63, 3.8) is 0 Å². The van der Waals surface area contributed by atoms with Crippen LogP contribution in [0.25, 0.3) is 17.1 Å². The SMILES string of the molecule is N#CC(C(=O)Nc1ccccc1)=C(O)c1noc2c1C1CCCc3cccc-2c31. The molecule has 29 heavy (non-hydrogen) atoms. The minimum absolute atomic E-state index is 0.0606. The smallest absolute Gasteiger partial charge is 0.270 e. The second-order valence-electron chi connectivity index (χ2n) is 7.25. The molecule has 0 saturated carbocycles. The Bertz CT molecular complexity index is 1200. The second kappa shape index (κ2) is 6.64. The van der Waals surface area contributed by atoms with Crippen molar-refractivity contribution >= 4 is 17.4 Å². The van der Waals surface area contributed by atoms with E-state index >= 15 is 0 Å². The molecular weight excluding hydrogens is 366 g/mol. The number of amides is 1. The summed E-state index contributed by atoms with van der Waals surface area (Å²) in [5.74, 6) is -0.458. The number of carbonyl (C=O) groups excluding carboxylic acids is 1. The minimum atomic E-state index is -0.687. The molecule has 1 amide bonds. The van der Waals surface area contributed by atoms with Gasteiger partial charge >= 0.3 is 0 Å². The topological polar surface area (TPSA) is 99.2 Å². The monoisotopic (exact) mass is 383 g/mol. The number of nitrogens with one attached hydrogen (secondary N) is 1. The van der Waals surface area contributed by atoms with Crippen molar-refractivity contribution in [3.05, 3.63) is 76.5 Å². The fraction of sp³-hybridized carbons (Fsp3) is 0.174. The third kappa shape index (κ3) is 2.63. The zero-order valence-electron chi connectivity index (χ0n) is 15.5. The van der Waals surface area contributed by atoms with Crippen molar-refractivity contribution in [2.24, 2.45) is 0 Å². The fourth-order valence-corrected chi connectivity index (χ4v) is 4.40. The number of carbonyl (C=O) groups is 1. The number of hydrogen-bond acceptors (Lipinski definition) is 5. The number of rotatable bonds is 3. The van der Waals surface area contributed by atoms with E-state index in [1.54, 1.807) is 24.3 Å². The van der Waals surface area contributed by atoms with Crippen LogP contribution in [-0.2, 0) is 11.2 Å². The van der Waals surface area contributed by atoms with Gasteiger partial charge in [-0.1, -0.05) is 41.6 Å². The zero-order valence-corrected chi connectivity index (χ0v) is 15.5. The molecule has 6 nitrogen and oxygen atoms in total. The first kappa shape index (κ1) is 17.3. The number of aryl methyl sites for hydroxylation is 1. The molecule has 0 fully saturated rings. The summed E-state index contributed by atoms with van der Waals surface area (Å²) in [7, 11) is 0. The van der Waals surface area contributed by atoms with Gasteiger partial charge in [-0.3, -0.25) is 4.79 Å². The van der Waals surface area contributed by atoms with Crippen LogP contribution in [0.1, 0.15) is 41.1 Å². The maximum Gasteiger partial charge on any atom is 0.270 e. The molecule has 142 valence electrons. The normalized spacial score (nSPS) is 17.0. The number of aliphatic hydroxyl groups is 1. The Labute approximate surface area is 167 Å². The Morgan fingerprint density at radius 3 is 2.79 bits per heavy atom. The fourth-order valence-electron chi connectivity index (χ4n) is 4.40. The molecule has 2 aliphatic carbocycles. The van der Waals surface area contributed by atoms with Gasteiger partial charge in [0, 0.05) is 22.7 Å². The number of benzene rings is 2. The number of nitrogens with zero attached hydrogens (tertiary/aromatic N) is 2. The summed E-state index contributed by atoms with van der Waals surface area (Å²) in [6.45, 7) is 0. The summed E-state index contributed by atoms with van der Waals surface area (Å²) >= 11 is 0. The molecule has 6 heteroatoms. The number of hydrogen-bond donors (Lipinski definition) is 2. The van der Waals surface area contributed by atoms with E-state index in [-0.39, 0.29) is 11.6 Å². The molecule has 1 aromatic heterocycles. The summed E-state index contributed by atoms with van der Waals surface area (Å²) in [5.41, 5.74) is 4.57. The van der Waals surface area contributed by atoms with E-state index in [2.05, 4.69) is 16.5 Å². The Hall–Kier alpha value is -3.85. The van der Waals surface area contributed by atoms with E-state index in [9.17, 15) is 15.2 Å². The van der Waals surface area contributed by atoms with Crippen LogP contribution in [0, 0.1) is 11.3 Å². The van der Waals surface area contributed by atoms with Crippen LogP contribution >= 0.6 is 0 Å². The Morgan fingerprint density at radius 2 is 2.00 bits per heavy atom. The highest BCUT2D eigenvalue weighted by molar-refractivity contribution is 6.11. The molecule has 1 unspecified atom stereocenters. The van der Waals surface area contributed by atoms with E-state index in [0.717, 1.165) is 30.4 Å². The molecule has 0 spiro atoms. The van der Waals surface area contributed by atoms with Gasteiger partial charge in [-0.25, -0.2) is 0 Å². The van der Waals surface area contributed by atoms with E-state index in [0.29, 0.717) is 11.4 Å². The summed E-state index contributed by atoms with van der Waals surface area (Å²) in [6.07, 6.45) is 2.95. The third-order valence-electron chi connectivity index (χ3n) is 5.64. The van der Waals surface area contributed by atoms with Crippen molar-refractivity contribution < 1.29 is 14.4 Å². The van der Waals surface area contributed by atoms with Crippen LogP contribution in [-0.4, -0.2) is 16.2 Å². The van der Waals surface area contributed by atoms with Gasteiger partial charge in [0.2, 0.25) is 0 Å². The lowest BCUT2D eigenvalue weighted by Crippen LogP contribution is -2.16. The van der Waals surface area contributed by atoms with Crippen LogP contribution in [0.4, 0.5) is 5.69 Å². The van der Waals surface area contributed by atoms with Crippen LogP contribution < -0.4 is 5.32 Å². The summed E-state index contributed by atoms with van der Waals surface area (Å²) in [6, 6.07) is 16.7. The molecule has 0 aliphatic heterocycles. The van der Waals surface area contributed by atoms with Gasteiger partial charge in [0.25, 0.3) is 5.91 Å². The average Bonchev–Trinajstić information content (AvgIpc) is 3.31. The van der Waals surface area contributed by atoms with Crippen LogP contribution in [0.3, 0.4) is 0 Å². The lowest BCUT2D eigenvalue weighted by Gasteiger charge is -2.22. The Kier molecular flexibility index (Phi) is 3.95. The van der Waals surface area contributed by atoms with Crippen molar-refractivity contribution in [2.75, 3.05) is 5.32 Å². The van der Waals surface area contributed by atoms with Gasteiger partial charge < -0.3 is 14.9 Å². The van der Waals surface area contributed by atoms with E-state index in [1.807, 2.05) is 24.3 Å². The zero-order chi connectivity index (χ0) is 20.0. The van der Waals surface area contributed by atoms with Crippen LogP contribution in [0.15, 0.2) is 58.6 Å². The van der Waals surface area contributed by atoms with Gasteiger partial charge in [-0.15, -0.1) is 0 Å². The van der Waals surface area contributed by atoms with Crippen LogP contribution in [0.2, 0.25) is 0 Å². The van der Waals surface area contributed by atoms with Crippen molar-refractivity contribution in [3.8, 4) is 17.4 Å². The van der Waals surface area contributed by atoms with Gasteiger partial charge in [-0.05, 0) is 42.5 Å². The van der Waals surface area contributed by atoms with Crippen molar-refractivity contribution in [1.82, 2.24) is 5.16 Å². The molecule has 2 aliphatic rings. The molecule has 1 heterocycles. The second-order valence-corrected chi connectivity index (χ2v) is 7.25. The molecular formula is C23H17N3O3. The molecule has 2 N–H and O–H groups in total. The molecule has 2 aromatic carbocycles. The molecule has 1 atom stereocenters. The predicted octanol–water partition coefficient (Wildman–Crippen LogP) is 4.55. The molecule has 0 bridgehead atoms. The minimum Gasteiger partial charge on any atom is -0.504 e. The average molecular weight is 383 g/mol. The van der Waals surface area contributed by atoms with Gasteiger partial charge in [0.15, 0.2) is 22.8 Å². The number of anilines is 1. The standard InChI is InChI=1S/C23H17N3O3/c24-12-17(23(28)25-14-8-2-1-3-9-14)21(27)20-19-15-10-4-6-13-7-5-11-16(18(13)15)22(19)29-26-20/h1-3,5,7-9,11,15,27H,4,6,10H2,(H,25,28). The molecule has 0 radical (unpaired) electrons. The maximum atomic E-state index is 12.6. The van der Waals surface area contributed by atoms with Gasteiger partial charge in [0.1, 0.15) is 6.07 Å². The highest BCUT2D eigenvalue weighted by atomic mass is 16.5. The largest absolute Gasteiger partial charge is 0.504 e. The lowest BCUT2D eigenvalue weighted by molar-refractivity contribution is -0.112. The van der Waals surface area contributed by atoms with Gasteiger partial charge in [-0.2, -0.15) is 5.26 Å². The summed E-state index contributed by atoms with van der Waals surface area (Å²) < 4.78 is 5.58. The molecule has 3 aromatic rings. The first-order valence-electron chi connectivity index (χ1n) is 9.51. The third-order valence-corrected chi connectivity index (χ3v) is 5.64. The number of aromatic nitrogens is 1. The summed E-state index contributed by atoms with van der Waals surface area (Å²) in [4.78, 5) is 12.6. The van der Waals surface area contributed by atoms with E-state index in [4.69, 9.17) is 4.52 Å². The molecule has 5 rings (SSSR count). The lowest BCUT2D eigenvalue weighted by atomic mass is 9.81. The van der Waals surface area contributed by atoms with Crippen molar-refractivity contribution in [2.45, 2.75) is 25.2 Å². The Morgan fingerprint density at radius 1 is 1.17 bits per heavy atom. The number of para-hydroxylation sites is 1. The first-order valence-corrected chi connectivity index (χ1v) is 9.51. The molecule has 0 saturated heterocycles. The first-order chi connectivity index (χ1) is 14.2. The Balaban J connectivity index is 1.57. The maximum absolute atomic E-state index is 12.6. The van der Waals surface area contributed by atoms with Crippen LogP contribution in [0.5, 0.6) is 0 Å². The van der Waals surface area contributed by atoms with E-state index in [1.165, 1.54) is 11.1 Å². The van der Waals surface area contributed by atoms with E-state index < -0.39 is 17.2 Å². The highest BCUT2D eigenvalue weighted by Crippen LogP contribution is 2.53. The number of aliphatic hydroxyl groups excluding tert-OH is 1. The summed E-state index contributed by atoms with van der Waals surface area (Å²) in [5, 5.41) is 27.1. The van der Waals surface area contributed by atoms with Gasteiger partial charge in [0.05, 0.1) is 0 Å². The number of fused-ring (bicyclic) bond motifs is 3.